The summed E-state index contributed by atoms with van der Waals surface area (Å²) >= 11 is 0. The van der Waals surface area contributed by atoms with E-state index >= 15 is 0 Å². The molecule has 1 aromatic rings. The van der Waals surface area contributed by atoms with E-state index in [2.05, 4.69) is 6.92 Å². The van der Waals surface area contributed by atoms with Gasteiger partial charge in [-0.15, -0.1) is 0 Å². The minimum atomic E-state index is -0.288. The van der Waals surface area contributed by atoms with Crippen molar-refractivity contribution in [3.8, 4) is 0 Å². The lowest BCUT2D eigenvalue weighted by atomic mass is 9.85. The van der Waals surface area contributed by atoms with Gasteiger partial charge in [0.05, 0.1) is 12.5 Å². The number of rotatable bonds is 7. The van der Waals surface area contributed by atoms with Crippen molar-refractivity contribution in [2.24, 2.45) is 11.8 Å². The Kier molecular flexibility index (Phi) is 8.19. The number of carbonyl (C=O) groups is 2. The van der Waals surface area contributed by atoms with E-state index in [1.807, 2.05) is 49.4 Å². The van der Waals surface area contributed by atoms with Crippen LogP contribution in [-0.2, 0) is 20.9 Å². The van der Waals surface area contributed by atoms with Gasteiger partial charge < -0.3 is 14.4 Å². The summed E-state index contributed by atoms with van der Waals surface area (Å²) in [5.41, 5.74) is 0.973. The number of carbonyl (C=O) groups excluding carboxylic acids is 2. The Morgan fingerprint density at radius 3 is 2.69 bits per heavy atom. The maximum atomic E-state index is 12.6. The Morgan fingerprint density at radius 2 is 2.00 bits per heavy atom. The molecule has 0 radical (unpaired) electrons. The third kappa shape index (κ3) is 5.90. The highest BCUT2D eigenvalue weighted by Gasteiger charge is 2.35. The maximum absolute atomic E-state index is 12.6. The van der Waals surface area contributed by atoms with Gasteiger partial charge in [-0.1, -0.05) is 55.8 Å². The summed E-state index contributed by atoms with van der Waals surface area (Å²) in [4.78, 5) is 26.4. The molecule has 1 saturated heterocycles. The third-order valence-electron chi connectivity index (χ3n) is 4.61. The molecule has 26 heavy (non-hydrogen) atoms. The first-order chi connectivity index (χ1) is 12.7. The van der Waals surface area contributed by atoms with Gasteiger partial charge in [0.15, 0.2) is 0 Å². The monoisotopic (exact) mass is 359 g/mol. The average molecular weight is 359 g/mol. The van der Waals surface area contributed by atoms with Crippen molar-refractivity contribution in [3.63, 3.8) is 0 Å². The number of nitrogens with zero attached hydrogens (tertiary/aromatic N) is 1. The highest BCUT2D eigenvalue weighted by Crippen LogP contribution is 2.27. The number of allylic oxidation sites excluding steroid dienone is 1. The maximum Gasteiger partial charge on any atom is 0.409 e. The molecule has 1 fully saturated rings. The highest BCUT2D eigenvalue weighted by molar-refractivity contribution is 5.74. The topological polar surface area (TPSA) is 55.8 Å². The standard InChI is InChI=1S/C21H29NO4/c1-3-5-14-25-21(24)22-13-12-19(18(15-22)9-4-2)20(23)26-16-17-10-7-6-8-11-17/h4,6-11,18-19H,3,5,12-16H2,1-2H3. The summed E-state index contributed by atoms with van der Waals surface area (Å²) in [5, 5.41) is 0. The summed E-state index contributed by atoms with van der Waals surface area (Å²) in [6, 6.07) is 9.66. The number of benzene rings is 1. The summed E-state index contributed by atoms with van der Waals surface area (Å²) in [5.74, 6) is -0.471. The van der Waals surface area contributed by atoms with Gasteiger partial charge in [-0.3, -0.25) is 4.79 Å². The van der Waals surface area contributed by atoms with Crippen LogP contribution in [0.15, 0.2) is 42.5 Å². The van der Waals surface area contributed by atoms with E-state index in [-0.39, 0.29) is 30.5 Å². The van der Waals surface area contributed by atoms with Crippen LogP contribution in [0, 0.1) is 11.8 Å². The molecule has 0 aromatic heterocycles. The van der Waals surface area contributed by atoms with Crippen molar-refractivity contribution in [1.82, 2.24) is 4.90 Å². The Balaban J connectivity index is 1.90. The lowest BCUT2D eigenvalue weighted by Gasteiger charge is -2.35. The molecule has 0 N–H and O–H groups in total. The molecule has 142 valence electrons. The Bertz CT molecular complexity index is 599. The van der Waals surface area contributed by atoms with Crippen molar-refractivity contribution < 1.29 is 19.1 Å². The van der Waals surface area contributed by atoms with E-state index in [1.54, 1.807) is 4.90 Å². The molecular weight excluding hydrogens is 330 g/mol. The minimum absolute atomic E-state index is 0.0456. The fourth-order valence-corrected chi connectivity index (χ4v) is 3.11. The number of hydrogen-bond acceptors (Lipinski definition) is 4. The van der Waals surface area contributed by atoms with Crippen molar-refractivity contribution in [2.45, 2.75) is 39.7 Å². The molecule has 1 aromatic carbocycles. The number of likely N-dealkylation sites (tertiary alicyclic amines) is 1. The number of esters is 1. The molecule has 2 rings (SSSR count). The molecule has 0 aliphatic carbocycles. The fourth-order valence-electron chi connectivity index (χ4n) is 3.11. The first-order valence-corrected chi connectivity index (χ1v) is 9.40. The van der Waals surface area contributed by atoms with Crippen LogP contribution in [0.4, 0.5) is 4.79 Å². The molecule has 2 unspecified atom stereocenters. The van der Waals surface area contributed by atoms with Gasteiger partial charge in [0.25, 0.3) is 0 Å². The van der Waals surface area contributed by atoms with Gasteiger partial charge in [0.2, 0.25) is 0 Å². The van der Waals surface area contributed by atoms with Crippen molar-refractivity contribution in [2.75, 3.05) is 19.7 Å². The number of hydrogen-bond donors (Lipinski definition) is 0. The van der Waals surface area contributed by atoms with Gasteiger partial charge in [-0.05, 0) is 25.3 Å². The molecule has 1 aliphatic heterocycles. The van der Waals surface area contributed by atoms with Gasteiger partial charge in [-0.25, -0.2) is 4.79 Å². The molecule has 5 nitrogen and oxygen atoms in total. The molecule has 1 amide bonds. The molecule has 5 heteroatoms. The minimum Gasteiger partial charge on any atom is -0.461 e. The van der Waals surface area contributed by atoms with E-state index in [9.17, 15) is 9.59 Å². The van der Waals surface area contributed by atoms with Gasteiger partial charge in [0.1, 0.15) is 6.61 Å². The van der Waals surface area contributed by atoms with Crippen LogP contribution < -0.4 is 0 Å². The second kappa shape index (κ2) is 10.6. The number of ether oxygens (including phenoxy) is 2. The van der Waals surface area contributed by atoms with Gasteiger partial charge >= 0.3 is 12.1 Å². The zero-order chi connectivity index (χ0) is 18.8. The molecule has 0 bridgehead atoms. The average Bonchev–Trinajstić information content (AvgIpc) is 2.67. The molecule has 0 spiro atoms. The van der Waals surface area contributed by atoms with E-state index in [0.29, 0.717) is 26.1 Å². The van der Waals surface area contributed by atoms with Crippen molar-refractivity contribution in [3.05, 3.63) is 48.0 Å². The molecule has 1 aliphatic rings. The Morgan fingerprint density at radius 1 is 1.23 bits per heavy atom. The fraction of sp³-hybridized carbons (Fsp3) is 0.524. The molecular formula is C21H29NO4. The second-order valence-corrected chi connectivity index (χ2v) is 6.59. The molecule has 2 atom stereocenters. The quantitative estimate of drug-likeness (QED) is 0.416. The van der Waals surface area contributed by atoms with Crippen LogP contribution in [0.5, 0.6) is 0 Å². The summed E-state index contributed by atoms with van der Waals surface area (Å²) in [7, 11) is 0. The largest absolute Gasteiger partial charge is 0.461 e. The zero-order valence-electron chi connectivity index (χ0n) is 15.7. The predicted octanol–water partition coefficient (Wildman–Crippen LogP) is 4.18. The normalized spacial score (nSPS) is 20.2. The van der Waals surface area contributed by atoms with E-state index in [1.165, 1.54) is 0 Å². The zero-order valence-corrected chi connectivity index (χ0v) is 15.7. The van der Waals surface area contributed by atoms with Crippen molar-refractivity contribution >= 4 is 12.1 Å². The van der Waals surface area contributed by atoms with Gasteiger partial charge in [-0.2, -0.15) is 0 Å². The van der Waals surface area contributed by atoms with Crippen molar-refractivity contribution in [1.29, 1.82) is 0 Å². The van der Waals surface area contributed by atoms with E-state index < -0.39 is 0 Å². The highest BCUT2D eigenvalue weighted by atomic mass is 16.6. The summed E-state index contributed by atoms with van der Waals surface area (Å²) in [6.45, 7) is 5.71. The summed E-state index contributed by atoms with van der Waals surface area (Å²) in [6.07, 6.45) is 6.07. The third-order valence-corrected chi connectivity index (χ3v) is 4.61. The lowest BCUT2D eigenvalue weighted by Crippen LogP contribution is -2.46. The SMILES string of the molecule is CC=CC1CN(C(=O)OCCCC)CCC1C(=O)OCc1ccccc1. The predicted molar refractivity (Wildman–Crippen MR) is 100 cm³/mol. The Hall–Kier alpha value is -2.30. The van der Waals surface area contributed by atoms with Crippen LogP contribution in [0.2, 0.25) is 0 Å². The molecule has 1 heterocycles. The number of piperidine rings is 1. The summed E-state index contributed by atoms with van der Waals surface area (Å²) < 4.78 is 10.8. The van der Waals surface area contributed by atoms with Gasteiger partial charge in [0, 0.05) is 19.0 Å². The van der Waals surface area contributed by atoms with Crippen LogP contribution >= 0.6 is 0 Å². The van der Waals surface area contributed by atoms with Crippen LogP contribution in [-0.4, -0.2) is 36.7 Å². The number of amides is 1. The van der Waals surface area contributed by atoms with Crippen LogP contribution in [0.1, 0.15) is 38.7 Å². The van der Waals surface area contributed by atoms with Crippen LogP contribution in [0.3, 0.4) is 0 Å². The smallest absolute Gasteiger partial charge is 0.409 e. The van der Waals surface area contributed by atoms with E-state index in [0.717, 1.165) is 18.4 Å². The Labute approximate surface area is 156 Å². The lowest BCUT2D eigenvalue weighted by molar-refractivity contribution is -0.153. The first-order valence-electron chi connectivity index (χ1n) is 9.40. The van der Waals surface area contributed by atoms with Crippen LogP contribution in [0.25, 0.3) is 0 Å². The number of unbranched alkanes of at least 4 members (excludes halogenated alkanes) is 1. The molecule has 0 saturated carbocycles. The first kappa shape index (κ1) is 20.0. The van der Waals surface area contributed by atoms with E-state index in [4.69, 9.17) is 9.47 Å². The second-order valence-electron chi connectivity index (χ2n) is 6.59.